The van der Waals surface area contributed by atoms with Crippen LogP contribution in [0.3, 0.4) is 0 Å². The van der Waals surface area contributed by atoms with Gasteiger partial charge in [-0.15, -0.1) is 0 Å². The Labute approximate surface area is 106 Å². The van der Waals surface area contributed by atoms with E-state index in [2.05, 4.69) is 0 Å². The lowest BCUT2D eigenvalue weighted by Crippen LogP contribution is -2.45. The lowest BCUT2D eigenvalue weighted by atomic mass is 10.1. The van der Waals surface area contributed by atoms with E-state index in [0.717, 1.165) is 0 Å². The number of carbonyl (C=O) groups is 1. The second-order valence-electron chi connectivity index (χ2n) is 3.62. The number of aliphatic hydroxyl groups is 4. The maximum absolute atomic E-state index is 10.9. The molecular formula is C12H20O6. The summed E-state index contributed by atoms with van der Waals surface area (Å²) in [4.78, 5) is 10.9. The fourth-order valence-electron chi connectivity index (χ4n) is 1.10. The average molecular weight is 260 g/mol. The van der Waals surface area contributed by atoms with Crippen LogP contribution in [0, 0.1) is 0 Å². The molecule has 0 heterocycles. The van der Waals surface area contributed by atoms with Crippen LogP contribution in [0.25, 0.3) is 0 Å². The maximum atomic E-state index is 10.9. The van der Waals surface area contributed by atoms with Crippen LogP contribution >= 0.6 is 0 Å². The van der Waals surface area contributed by atoms with Crippen molar-refractivity contribution in [3.05, 3.63) is 24.3 Å². The molecular weight excluding hydrogens is 240 g/mol. The SMILES string of the molecule is CC=CC=CCOC[C@@H](O)[C@@H](O)[C@H](O)C(=O)CO. The molecule has 6 heteroatoms. The molecule has 18 heavy (non-hydrogen) atoms. The molecule has 0 fully saturated rings. The highest BCUT2D eigenvalue weighted by molar-refractivity contribution is 5.84. The van der Waals surface area contributed by atoms with Crippen molar-refractivity contribution in [1.82, 2.24) is 0 Å². The third-order valence-electron chi connectivity index (χ3n) is 2.15. The predicted octanol–water partition coefficient (Wildman–Crippen LogP) is -1.22. The monoisotopic (exact) mass is 260 g/mol. The fourth-order valence-corrected chi connectivity index (χ4v) is 1.10. The third-order valence-corrected chi connectivity index (χ3v) is 2.15. The number of hydrogen-bond donors (Lipinski definition) is 4. The molecule has 0 aromatic rings. The van der Waals surface area contributed by atoms with E-state index in [4.69, 9.17) is 9.84 Å². The molecule has 0 aromatic carbocycles. The van der Waals surface area contributed by atoms with Crippen LogP contribution in [0.4, 0.5) is 0 Å². The second kappa shape index (κ2) is 9.93. The van der Waals surface area contributed by atoms with E-state index >= 15 is 0 Å². The Morgan fingerprint density at radius 2 is 1.94 bits per heavy atom. The number of ether oxygens (including phenoxy) is 1. The summed E-state index contributed by atoms with van der Waals surface area (Å²) in [6, 6.07) is 0. The molecule has 0 aliphatic rings. The van der Waals surface area contributed by atoms with E-state index in [1.165, 1.54) is 0 Å². The number of Topliss-reactive ketones (excluding diaryl/α,β-unsaturated/α-hetero) is 1. The molecule has 4 N–H and O–H groups in total. The van der Waals surface area contributed by atoms with Gasteiger partial charge in [0, 0.05) is 0 Å². The van der Waals surface area contributed by atoms with Crippen molar-refractivity contribution >= 4 is 5.78 Å². The molecule has 0 unspecified atom stereocenters. The van der Waals surface area contributed by atoms with Crippen LogP contribution in [0.15, 0.2) is 24.3 Å². The van der Waals surface area contributed by atoms with Crippen LogP contribution in [0.1, 0.15) is 6.92 Å². The first kappa shape index (κ1) is 16.9. The van der Waals surface area contributed by atoms with Crippen molar-refractivity contribution < 1.29 is 30.0 Å². The van der Waals surface area contributed by atoms with Crippen LogP contribution in [0.2, 0.25) is 0 Å². The zero-order chi connectivity index (χ0) is 14.0. The maximum Gasteiger partial charge on any atom is 0.189 e. The Kier molecular flexibility index (Phi) is 9.35. The Hall–Kier alpha value is -1.05. The summed E-state index contributed by atoms with van der Waals surface area (Å²) in [5.41, 5.74) is 0. The first-order valence-corrected chi connectivity index (χ1v) is 5.58. The molecule has 0 aromatic heterocycles. The topological polar surface area (TPSA) is 107 Å². The Bertz CT molecular complexity index is 286. The van der Waals surface area contributed by atoms with Gasteiger partial charge in [0.15, 0.2) is 5.78 Å². The summed E-state index contributed by atoms with van der Waals surface area (Å²) in [5.74, 6) is -0.950. The summed E-state index contributed by atoms with van der Waals surface area (Å²) in [6.45, 7) is 0.984. The molecule has 0 radical (unpaired) electrons. The van der Waals surface area contributed by atoms with E-state index in [-0.39, 0.29) is 13.2 Å². The number of ketones is 1. The molecule has 0 saturated heterocycles. The lowest BCUT2D eigenvalue weighted by Gasteiger charge is -2.21. The highest BCUT2D eigenvalue weighted by atomic mass is 16.5. The minimum Gasteiger partial charge on any atom is -0.388 e. The fraction of sp³-hybridized carbons (Fsp3) is 0.583. The molecule has 0 aliphatic heterocycles. The van der Waals surface area contributed by atoms with Crippen molar-refractivity contribution in [2.24, 2.45) is 0 Å². The quantitative estimate of drug-likeness (QED) is 0.306. The van der Waals surface area contributed by atoms with Crippen molar-refractivity contribution in [2.75, 3.05) is 19.8 Å². The summed E-state index contributed by atoms with van der Waals surface area (Å²) in [7, 11) is 0. The van der Waals surface area contributed by atoms with Crippen molar-refractivity contribution in [1.29, 1.82) is 0 Å². The molecule has 0 spiro atoms. The third kappa shape index (κ3) is 6.63. The van der Waals surface area contributed by atoms with Gasteiger partial charge in [0.1, 0.15) is 24.9 Å². The number of rotatable bonds is 9. The van der Waals surface area contributed by atoms with Gasteiger partial charge in [0.2, 0.25) is 0 Å². The molecule has 0 amide bonds. The van der Waals surface area contributed by atoms with Gasteiger partial charge >= 0.3 is 0 Å². The zero-order valence-electron chi connectivity index (χ0n) is 10.3. The van der Waals surface area contributed by atoms with Crippen LogP contribution in [0.5, 0.6) is 0 Å². The van der Waals surface area contributed by atoms with Gasteiger partial charge in [0.05, 0.1) is 13.2 Å². The molecule has 0 rings (SSSR count). The van der Waals surface area contributed by atoms with Crippen LogP contribution < -0.4 is 0 Å². The van der Waals surface area contributed by atoms with Crippen molar-refractivity contribution in [3.63, 3.8) is 0 Å². The number of allylic oxidation sites excluding steroid dienone is 3. The number of hydrogen-bond acceptors (Lipinski definition) is 6. The average Bonchev–Trinajstić information content (AvgIpc) is 2.39. The zero-order valence-corrected chi connectivity index (χ0v) is 10.3. The minimum absolute atomic E-state index is 0.225. The molecule has 104 valence electrons. The summed E-state index contributed by atoms with van der Waals surface area (Å²) in [5, 5.41) is 36.5. The first-order valence-electron chi connectivity index (χ1n) is 5.58. The van der Waals surface area contributed by atoms with Crippen molar-refractivity contribution in [2.45, 2.75) is 25.2 Å². The molecule has 0 saturated carbocycles. The number of aliphatic hydroxyl groups excluding tert-OH is 4. The minimum atomic E-state index is -1.81. The largest absolute Gasteiger partial charge is 0.388 e. The molecule has 3 atom stereocenters. The van der Waals surface area contributed by atoms with Crippen LogP contribution in [-0.2, 0) is 9.53 Å². The summed E-state index contributed by atoms with van der Waals surface area (Å²) < 4.78 is 5.01. The summed E-state index contributed by atoms with van der Waals surface area (Å²) >= 11 is 0. The predicted molar refractivity (Wildman–Crippen MR) is 64.9 cm³/mol. The van der Waals surface area contributed by atoms with E-state index in [9.17, 15) is 20.1 Å². The van der Waals surface area contributed by atoms with Gasteiger partial charge in [-0.05, 0) is 6.92 Å². The Morgan fingerprint density at radius 1 is 1.28 bits per heavy atom. The normalized spacial score (nSPS) is 17.2. The smallest absolute Gasteiger partial charge is 0.189 e. The van der Waals surface area contributed by atoms with Gasteiger partial charge in [-0.1, -0.05) is 24.3 Å². The lowest BCUT2D eigenvalue weighted by molar-refractivity contribution is -0.143. The molecule has 0 bridgehead atoms. The van der Waals surface area contributed by atoms with E-state index < -0.39 is 30.7 Å². The van der Waals surface area contributed by atoms with Gasteiger partial charge < -0.3 is 25.2 Å². The molecule has 6 nitrogen and oxygen atoms in total. The van der Waals surface area contributed by atoms with Gasteiger partial charge in [-0.2, -0.15) is 0 Å². The highest BCUT2D eigenvalue weighted by Crippen LogP contribution is 2.02. The van der Waals surface area contributed by atoms with Gasteiger partial charge in [-0.25, -0.2) is 0 Å². The van der Waals surface area contributed by atoms with Gasteiger partial charge in [0.25, 0.3) is 0 Å². The Balaban J connectivity index is 3.94. The highest BCUT2D eigenvalue weighted by Gasteiger charge is 2.29. The van der Waals surface area contributed by atoms with E-state index in [0.29, 0.717) is 0 Å². The molecule has 0 aliphatic carbocycles. The van der Waals surface area contributed by atoms with Crippen LogP contribution in [-0.4, -0.2) is 64.3 Å². The number of carbonyl (C=O) groups excluding carboxylic acids is 1. The second-order valence-corrected chi connectivity index (χ2v) is 3.62. The Morgan fingerprint density at radius 3 is 2.50 bits per heavy atom. The summed E-state index contributed by atoms with van der Waals surface area (Å²) in [6.07, 6.45) is 2.22. The standard InChI is InChI=1S/C12H20O6/c1-2-3-4-5-6-18-8-10(15)12(17)11(16)9(14)7-13/h2-5,10-13,15-17H,6-8H2,1H3/t10-,11-,12-/m1/s1. The van der Waals surface area contributed by atoms with Crippen molar-refractivity contribution in [3.8, 4) is 0 Å². The van der Waals surface area contributed by atoms with E-state index in [1.807, 2.05) is 13.0 Å². The van der Waals surface area contributed by atoms with Gasteiger partial charge in [-0.3, -0.25) is 4.79 Å². The first-order chi connectivity index (χ1) is 8.54. The van der Waals surface area contributed by atoms with E-state index in [1.54, 1.807) is 18.2 Å².